The monoisotopic (exact) mass is 387 g/mol. The first-order valence-electron chi connectivity index (χ1n) is 8.37. The Balaban J connectivity index is 1.94. The van der Waals surface area contributed by atoms with Gasteiger partial charge in [0, 0.05) is 11.1 Å². The van der Waals surface area contributed by atoms with E-state index in [1.807, 2.05) is 6.07 Å². The lowest BCUT2D eigenvalue weighted by molar-refractivity contribution is -0.144. The number of esters is 1. The van der Waals surface area contributed by atoms with Crippen molar-refractivity contribution < 1.29 is 18.7 Å². The minimum Gasteiger partial charge on any atom is -0.464 e. The first-order chi connectivity index (χ1) is 13.0. The molecule has 2 heterocycles. The number of rotatable bonds is 6. The van der Waals surface area contributed by atoms with Gasteiger partial charge in [0.15, 0.2) is 11.5 Å². The van der Waals surface area contributed by atoms with Crippen LogP contribution < -0.4 is 5.32 Å². The molecule has 0 saturated carbocycles. The summed E-state index contributed by atoms with van der Waals surface area (Å²) < 4.78 is 11.9. The van der Waals surface area contributed by atoms with Crippen LogP contribution in [0.2, 0.25) is 5.02 Å². The van der Waals surface area contributed by atoms with E-state index in [2.05, 4.69) is 10.4 Å². The minimum absolute atomic E-state index is 0.137. The molecule has 2 aromatic heterocycles. The highest BCUT2D eigenvalue weighted by molar-refractivity contribution is 6.30. The van der Waals surface area contributed by atoms with Gasteiger partial charge >= 0.3 is 5.97 Å². The summed E-state index contributed by atoms with van der Waals surface area (Å²) in [5, 5.41) is 7.49. The number of nitrogens with zero attached hydrogens (tertiary/aromatic N) is 2. The van der Waals surface area contributed by atoms with Crippen LogP contribution >= 0.6 is 11.6 Å². The molecule has 0 spiro atoms. The van der Waals surface area contributed by atoms with Crippen LogP contribution in [0.15, 0.2) is 53.1 Å². The van der Waals surface area contributed by atoms with E-state index >= 15 is 0 Å². The molecular weight excluding hydrogens is 370 g/mol. The van der Waals surface area contributed by atoms with Crippen molar-refractivity contribution in [3.63, 3.8) is 0 Å². The van der Waals surface area contributed by atoms with Crippen LogP contribution in [0.4, 0.5) is 0 Å². The SMILES string of the molecule is CCOC(=O)C(C)NC(=O)c1cc(-c2ccco2)n(-c2cccc(Cl)c2)n1. The van der Waals surface area contributed by atoms with E-state index in [4.69, 9.17) is 20.8 Å². The van der Waals surface area contributed by atoms with Crippen LogP contribution in [0.5, 0.6) is 0 Å². The fraction of sp³-hybridized carbons (Fsp3) is 0.211. The molecule has 0 fully saturated rings. The molecule has 1 unspecified atom stereocenters. The van der Waals surface area contributed by atoms with E-state index in [1.54, 1.807) is 54.9 Å². The van der Waals surface area contributed by atoms with Crippen LogP contribution in [-0.4, -0.2) is 34.3 Å². The maximum absolute atomic E-state index is 12.5. The van der Waals surface area contributed by atoms with Gasteiger partial charge < -0.3 is 14.5 Å². The van der Waals surface area contributed by atoms with Gasteiger partial charge in [0.05, 0.1) is 18.6 Å². The first-order valence-corrected chi connectivity index (χ1v) is 8.74. The predicted molar refractivity (Wildman–Crippen MR) is 99.8 cm³/mol. The van der Waals surface area contributed by atoms with Crippen LogP contribution in [0.1, 0.15) is 24.3 Å². The highest BCUT2D eigenvalue weighted by Crippen LogP contribution is 2.25. The summed E-state index contributed by atoms with van der Waals surface area (Å²) in [6.45, 7) is 3.50. The molecule has 0 aliphatic carbocycles. The van der Waals surface area contributed by atoms with Gasteiger partial charge in [-0.2, -0.15) is 5.10 Å². The molecule has 0 radical (unpaired) electrons. The average Bonchev–Trinajstić information content (AvgIpc) is 3.31. The number of carbonyl (C=O) groups is 2. The quantitative estimate of drug-likeness (QED) is 0.654. The second kappa shape index (κ2) is 8.09. The van der Waals surface area contributed by atoms with Crippen molar-refractivity contribution in [3.05, 3.63) is 59.4 Å². The summed E-state index contributed by atoms with van der Waals surface area (Å²) >= 11 is 6.08. The van der Waals surface area contributed by atoms with Crippen LogP contribution in [0, 0.1) is 0 Å². The van der Waals surface area contributed by atoms with E-state index in [0.717, 1.165) is 0 Å². The lowest BCUT2D eigenvalue weighted by Crippen LogP contribution is -2.39. The van der Waals surface area contributed by atoms with Crippen LogP contribution in [-0.2, 0) is 9.53 Å². The molecule has 27 heavy (non-hydrogen) atoms. The molecular formula is C19H18ClN3O4. The van der Waals surface area contributed by atoms with Crippen molar-refractivity contribution in [2.75, 3.05) is 6.61 Å². The molecule has 1 atom stereocenters. The largest absolute Gasteiger partial charge is 0.464 e. The van der Waals surface area contributed by atoms with Crippen molar-refractivity contribution in [2.24, 2.45) is 0 Å². The molecule has 1 N–H and O–H groups in total. The summed E-state index contributed by atoms with van der Waals surface area (Å²) in [6.07, 6.45) is 1.53. The number of hydrogen-bond acceptors (Lipinski definition) is 5. The molecule has 1 aromatic carbocycles. The van der Waals surface area contributed by atoms with Gasteiger partial charge in [-0.1, -0.05) is 17.7 Å². The summed E-state index contributed by atoms with van der Waals surface area (Å²) in [5.41, 5.74) is 1.39. The highest BCUT2D eigenvalue weighted by atomic mass is 35.5. The van der Waals surface area contributed by atoms with Gasteiger partial charge in [-0.3, -0.25) is 4.79 Å². The fourth-order valence-electron chi connectivity index (χ4n) is 2.49. The Labute approximate surface area is 160 Å². The van der Waals surface area contributed by atoms with Crippen LogP contribution in [0.25, 0.3) is 17.1 Å². The van der Waals surface area contributed by atoms with Crippen LogP contribution in [0.3, 0.4) is 0 Å². The number of furan rings is 1. The lowest BCUT2D eigenvalue weighted by atomic mass is 10.2. The molecule has 7 nitrogen and oxygen atoms in total. The second-order valence-electron chi connectivity index (χ2n) is 5.73. The molecule has 0 bridgehead atoms. The van der Waals surface area contributed by atoms with Crippen molar-refractivity contribution in [2.45, 2.75) is 19.9 Å². The summed E-state index contributed by atoms with van der Waals surface area (Å²) in [7, 11) is 0. The number of ether oxygens (including phenoxy) is 1. The third-order valence-electron chi connectivity index (χ3n) is 3.76. The first kappa shape index (κ1) is 18.7. The Morgan fingerprint density at radius 3 is 2.78 bits per heavy atom. The van der Waals surface area contributed by atoms with Gasteiger partial charge in [0.25, 0.3) is 5.91 Å². The number of aromatic nitrogens is 2. The van der Waals surface area contributed by atoms with Crippen molar-refractivity contribution >= 4 is 23.5 Å². The van der Waals surface area contributed by atoms with Gasteiger partial charge in [-0.05, 0) is 44.2 Å². The molecule has 0 aliphatic heterocycles. The number of amides is 1. The zero-order chi connectivity index (χ0) is 19.4. The Kier molecular flexibility index (Phi) is 5.61. The maximum Gasteiger partial charge on any atom is 0.328 e. The van der Waals surface area contributed by atoms with Crippen molar-refractivity contribution in [1.29, 1.82) is 0 Å². The van der Waals surface area contributed by atoms with Gasteiger partial charge in [0.2, 0.25) is 0 Å². The number of hydrogen-bond donors (Lipinski definition) is 1. The van der Waals surface area contributed by atoms with Gasteiger partial charge in [-0.15, -0.1) is 0 Å². The van der Waals surface area contributed by atoms with E-state index in [-0.39, 0.29) is 12.3 Å². The summed E-state index contributed by atoms with van der Waals surface area (Å²) in [6, 6.07) is 11.4. The Hall–Kier alpha value is -3.06. The zero-order valence-electron chi connectivity index (χ0n) is 14.8. The molecule has 8 heteroatoms. The Morgan fingerprint density at radius 1 is 1.30 bits per heavy atom. The van der Waals surface area contributed by atoms with Crippen molar-refractivity contribution in [3.8, 4) is 17.1 Å². The molecule has 0 saturated heterocycles. The van der Waals surface area contributed by atoms with Gasteiger partial charge in [-0.25, -0.2) is 9.48 Å². The maximum atomic E-state index is 12.5. The topological polar surface area (TPSA) is 86.4 Å². The predicted octanol–water partition coefficient (Wildman–Crippen LogP) is 3.47. The van der Waals surface area contributed by atoms with E-state index in [1.165, 1.54) is 6.26 Å². The average molecular weight is 388 g/mol. The highest BCUT2D eigenvalue weighted by Gasteiger charge is 2.22. The third kappa shape index (κ3) is 4.20. The summed E-state index contributed by atoms with van der Waals surface area (Å²) in [5.74, 6) is -0.463. The second-order valence-corrected chi connectivity index (χ2v) is 6.17. The minimum atomic E-state index is -0.791. The third-order valence-corrected chi connectivity index (χ3v) is 3.99. The Morgan fingerprint density at radius 2 is 2.11 bits per heavy atom. The summed E-state index contributed by atoms with van der Waals surface area (Å²) in [4.78, 5) is 24.3. The number of nitrogens with one attached hydrogen (secondary N) is 1. The standard InChI is InChI=1S/C19H18ClN3O4/c1-3-26-19(25)12(2)21-18(24)15-11-16(17-8-5-9-27-17)23(22-15)14-7-4-6-13(20)10-14/h4-12H,3H2,1-2H3,(H,21,24). The van der Waals surface area contributed by atoms with Gasteiger partial charge in [0.1, 0.15) is 11.7 Å². The Bertz CT molecular complexity index is 950. The van der Waals surface area contributed by atoms with E-state index < -0.39 is 17.9 Å². The fourth-order valence-corrected chi connectivity index (χ4v) is 2.68. The number of halogens is 1. The normalized spacial score (nSPS) is 11.8. The van der Waals surface area contributed by atoms with E-state index in [9.17, 15) is 9.59 Å². The molecule has 3 rings (SSSR count). The molecule has 0 aliphatic rings. The zero-order valence-corrected chi connectivity index (χ0v) is 15.6. The number of carbonyl (C=O) groups excluding carboxylic acids is 2. The molecule has 1 amide bonds. The molecule has 3 aromatic rings. The lowest BCUT2D eigenvalue weighted by Gasteiger charge is -2.11. The molecule has 140 valence electrons. The smallest absolute Gasteiger partial charge is 0.328 e. The van der Waals surface area contributed by atoms with Crippen molar-refractivity contribution in [1.82, 2.24) is 15.1 Å². The van der Waals surface area contributed by atoms with E-state index in [0.29, 0.717) is 22.2 Å². The number of benzene rings is 1.